The lowest BCUT2D eigenvalue weighted by atomic mass is 9.97. The molecule has 0 unspecified atom stereocenters. The third-order valence-corrected chi connectivity index (χ3v) is 7.08. The van der Waals surface area contributed by atoms with Gasteiger partial charge in [0.25, 0.3) is 0 Å². The summed E-state index contributed by atoms with van der Waals surface area (Å²) >= 11 is 0. The van der Waals surface area contributed by atoms with Crippen molar-refractivity contribution in [3.8, 4) is 0 Å². The van der Waals surface area contributed by atoms with E-state index in [9.17, 15) is 31.2 Å². The quantitative estimate of drug-likeness (QED) is 0.694. The molecule has 0 aromatic heterocycles. The lowest BCUT2D eigenvalue weighted by Crippen LogP contribution is -2.41. The number of benzene rings is 2. The summed E-state index contributed by atoms with van der Waals surface area (Å²) in [5.74, 6) is -0.792. The largest absolute Gasteiger partial charge is 0.416 e. The van der Waals surface area contributed by atoms with E-state index >= 15 is 0 Å². The van der Waals surface area contributed by atoms with Crippen LogP contribution in [-0.2, 0) is 21.0 Å². The number of anilines is 1. The summed E-state index contributed by atoms with van der Waals surface area (Å²) < 4.78 is 65.3. The molecule has 0 spiro atoms. The molecule has 166 valence electrons. The number of Topliss-reactive ketones (excluding diaryl/α,β-unsaturated/α-hetero) is 1. The van der Waals surface area contributed by atoms with Gasteiger partial charge in [0.05, 0.1) is 10.5 Å². The molecular weight excluding hydrogens is 433 g/mol. The van der Waals surface area contributed by atoms with Crippen LogP contribution in [0.25, 0.3) is 0 Å². The van der Waals surface area contributed by atoms with Gasteiger partial charge >= 0.3 is 6.18 Å². The van der Waals surface area contributed by atoms with Crippen molar-refractivity contribution in [1.29, 1.82) is 0 Å². The molecule has 0 bridgehead atoms. The molecule has 1 N–H and O–H groups in total. The summed E-state index contributed by atoms with van der Waals surface area (Å²) in [5.41, 5.74) is 0.0127. The number of halogens is 3. The topological polar surface area (TPSA) is 83.6 Å². The molecule has 2 aromatic carbocycles. The fourth-order valence-corrected chi connectivity index (χ4v) is 4.89. The Balaban J connectivity index is 1.63. The lowest BCUT2D eigenvalue weighted by molar-refractivity contribution is -0.137. The molecule has 0 radical (unpaired) electrons. The molecule has 2 aromatic rings. The Hall–Kier alpha value is -2.72. The molecule has 1 aliphatic rings. The van der Waals surface area contributed by atoms with Crippen LogP contribution < -0.4 is 5.32 Å². The molecule has 31 heavy (non-hydrogen) atoms. The number of carbonyl (C=O) groups is 2. The minimum Gasteiger partial charge on any atom is -0.326 e. The van der Waals surface area contributed by atoms with Crippen LogP contribution in [-0.4, -0.2) is 37.5 Å². The van der Waals surface area contributed by atoms with E-state index in [1.807, 2.05) is 0 Å². The van der Waals surface area contributed by atoms with E-state index in [4.69, 9.17) is 0 Å². The van der Waals surface area contributed by atoms with Gasteiger partial charge in [0.15, 0.2) is 5.78 Å². The van der Waals surface area contributed by atoms with Crippen LogP contribution in [0.4, 0.5) is 18.9 Å². The molecule has 1 saturated heterocycles. The SMILES string of the molecule is CC(=O)c1ccc(NC(=O)C2CCN(S(=O)(=O)c3cccc(C(F)(F)F)c3)CC2)cc1. The van der Waals surface area contributed by atoms with Crippen molar-refractivity contribution in [2.75, 3.05) is 18.4 Å². The predicted molar refractivity (Wildman–Crippen MR) is 108 cm³/mol. The number of alkyl halides is 3. The van der Waals surface area contributed by atoms with Crippen LogP contribution in [0.3, 0.4) is 0 Å². The van der Waals surface area contributed by atoms with E-state index in [2.05, 4.69) is 5.32 Å². The Morgan fingerprint density at radius 3 is 2.19 bits per heavy atom. The van der Waals surface area contributed by atoms with Gasteiger partial charge in [0, 0.05) is 30.3 Å². The minimum atomic E-state index is -4.64. The Morgan fingerprint density at radius 1 is 1.03 bits per heavy atom. The summed E-state index contributed by atoms with van der Waals surface area (Å²) in [4.78, 5) is 23.4. The normalized spacial score (nSPS) is 16.1. The van der Waals surface area contributed by atoms with Crippen LogP contribution in [0, 0.1) is 5.92 Å². The predicted octanol–water partition coefficient (Wildman–Crippen LogP) is 3.95. The zero-order chi connectivity index (χ0) is 22.8. The fraction of sp³-hybridized carbons (Fsp3) is 0.333. The second kappa shape index (κ2) is 8.80. The number of hydrogen-bond donors (Lipinski definition) is 1. The fourth-order valence-electron chi connectivity index (χ4n) is 3.37. The molecule has 1 amide bonds. The van der Waals surface area contributed by atoms with E-state index < -0.39 is 32.6 Å². The summed E-state index contributed by atoms with van der Waals surface area (Å²) in [5, 5.41) is 2.74. The Labute approximate surface area is 178 Å². The minimum absolute atomic E-state index is 0.0277. The van der Waals surface area contributed by atoms with Gasteiger partial charge in [0.1, 0.15) is 0 Å². The molecule has 0 saturated carbocycles. The van der Waals surface area contributed by atoms with Gasteiger partial charge in [-0.05, 0) is 62.2 Å². The van der Waals surface area contributed by atoms with Crippen LogP contribution in [0.2, 0.25) is 0 Å². The second-order valence-electron chi connectivity index (χ2n) is 7.33. The van der Waals surface area contributed by atoms with Crippen molar-refractivity contribution in [2.24, 2.45) is 5.92 Å². The van der Waals surface area contributed by atoms with Crippen molar-refractivity contribution < 1.29 is 31.2 Å². The van der Waals surface area contributed by atoms with E-state index in [0.29, 0.717) is 17.3 Å². The van der Waals surface area contributed by atoms with Crippen LogP contribution in [0.5, 0.6) is 0 Å². The first-order valence-electron chi connectivity index (χ1n) is 9.58. The zero-order valence-corrected chi connectivity index (χ0v) is 17.5. The van der Waals surface area contributed by atoms with E-state index in [0.717, 1.165) is 22.5 Å². The molecule has 10 heteroatoms. The van der Waals surface area contributed by atoms with Crippen molar-refractivity contribution in [3.63, 3.8) is 0 Å². The number of rotatable bonds is 5. The van der Waals surface area contributed by atoms with E-state index in [1.165, 1.54) is 6.92 Å². The maximum Gasteiger partial charge on any atom is 0.416 e. The number of piperidine rings is 1. The van der Waals surface area contributed by atoms with Gasteiger partial charge < -0.3 is 5.32 Å². The monoisotopic (exact) mass is 454 g/mol. The maximum absolute atomic E-state index is 12.9. The van der Waals surface area contributed by atoms with Crippen LogP contribution in [0.1, 0.15) is 35.7 Å². The molecule has 3 rings (SSSR count). The smallest absolute Gasteiger partial charge is 0.326 e. The number of hydrogen-bond acceptors (Lipinski definition) is 4. The van der Waals surface area contributed by atoms with Gasteiger partial charge in [-0.3, -0.25) is 9.59 Å². The Bertz CT molecular complexity index is 1070. The zero-order valence-electron chi connectivity index (χ0n) is 16.6. The average molecular weight is 454 g/mol. The van der Waals surface area contributed by atoms with Gasteiger partial charge in [-0.25, -0.2) is 8.42 Å². The first kappa shape index (κ1) is 23.0. The Kier molecular flexibility index (Phi) is 6.51. The summed E-state index contributed by atoms with van der Waals surface area (Å²) in [7, 11) is -4.10. The van der Waals surface area contributed by atoms with Crippen LogP contribution in [0.15, 0.2) is 53.4 Å². The third-order valence-electron chi connectivity index (χ3n) is 5.18. The summed E-state index contributed by atoms with van der Waals surface area (Å²) in [6.45, 7) is 1.49. The van der Waals surface area contributed by atoms with Gasteiger partial charge in [-0.1, -0.05) is 6.07 Å². The van der Waals surface area contributed by atoms with Gasteiger partial charge in [-0.2, -0.15) is 17.5 Å². The first-order chi connectivity index (χ1) is 14.5. The number of sulfonamides is 1. The first-order valence-corrected chi connectivity index (χ1v) is 11.0. The van der Waals surface area contributed by atoms with Crippen molar-refractivity contribution in [3.05, 3.63) is 59.7 Å². The van der Waals surface area contributed by atoms with Crippen molar-refractivity contribution in [1.82, 2.24) is 4.31 Å². The van der Waals surface area contributed by atoms with Crippen LogP contribution >= 0.6 is 0 Å². The molecule has 6 nitrogen and oxygen atoms in total. The molecule has 1 fully saturated rings. The highest BCUT2D eigenvalue weighted by molar-refractivity contribution is 7.89. The lowest BCUT2D eigenvalue weighted by Gasteiger charge is -2.30. The van der Waals surface area contributed by atoms with Gasteiger partial charge in [0.2, 0.25) is 15.9 Å². The Morgan fingerprint density at radius 2 is 1.65 bits per heavy atom. The second-order valence-corrected chi connectivity index (χ2v) is 9.26. The molecular formula is C21H21F3N2O4S. The van der Waals surface area contributed by atoms with Crippen molar-refractivity contribution >= 4 is 27.4 Å². The third kappa shape index (κ3) is 5.31. The highest BCUT2D eigenvalue weighted by atomic mass is 32.2. The number of amides is 1. The number of nitrogens with one attached hydrogen (secondary N) is 1. The maximum atomic E-state index is 12.9. The molecule has 0 atom stereocenters. The standard InChI is InChI=1S/C21H21F3N2O4S/c1-14(27)15-5-7-18(8-6-15)25-20(28)16-9-11-26(12-10-16)31(29,30)19-4-2-3-17(13-19)21(22,23)24/h2-8,13,16H,9-12H2,1H3,(H,25,28). The average Bonchev–Trinajstić information content (AvgIpc) is 2.73. The number of ketones is 1. The molecule has 1 aliphatic heterocycles. The van der Waals surface area contributed by atoms with Crippen molar-refractivity contribution in [2.45, 2.75) is 30.8 Å². The summed E-state index contributed by atoms with van der Waals surface area (Å²) in [6.07, 6.45) is -4.15. The highest BCUT2D eigenvalue weighted by Gasteiger charge is 2.35. The molecule has 1 heterocycles. The molecule has 0 aliphatic carbocycles. The number of carbonyl (C=O) groups excluding carboxylic acids is 2. The summed E-state index contributed by atoms with van der Waals surface area (Å²) in [6, 6.07) is 10.1. The van der Waals surface area contributed by atoms with E-state index in [-0.39, 0.29) is 37.6 Å². The highest BCUT2D eigenvalue weighted by Crippen LogP contribution is 2.32. The van der Waals surface area contributed by atoms with E-state index in [1.54, 1.807) is 24.3 Å². The number of nitrogens with zero attached hydrogens (tertiary/aromatic N) is 1. The van der Waals surface area contributed by atoms with Gasteiger partial charge in [-0.15, -0.1) is 0 Å².